The molecule has 0 unspecified atom stereocenters. The van der Waals surface area contributed by atoms with Crippen LogP contribution in [0.15, 0.2) is 12.2 Å². The second kappa shape index (κ2) is 9.56. The predicted octanol–water partition coefficient (Wildman–Crippen LogP) is 3.50. The Morgan fingerprint density at radius 3 is 1.30 bits per heavy atom. The Balaban J connectivity index is 4.08. The molecule has 0 heterocycles. The highest BCUT2D eigenvalue weighted by Crippen LogP contribution is 2.09. The van der Waals surface area contributed by atoms with Gasteiger partial charge in [0, 0.05) is 12.2 Å². The lowest BCUT2D eigenvalue weighted by Gasteiger charge is -2.14. The van der Waals surface area contributed by atoms with Gasteiger partial charge in [-0.25, -0.2) is 9.59 Å². The summed E-state index contributed by atoms with van der Waals surface area (Å²) in [6, 6.07) is 0. The topological polar surface area (TPSA) is 52.6 Å². The van der Waals surface area contributed by atoms with Crippen molar-refractivity contribution in [1.82, 2.24) is 0 Å². The lowest BCUT2D eigenvalue weighted by molar-refractivity contribution is -0.145. The quantitative estimate of drug-likeness (QED) is 0.505. The van der Waals surface area contributed by atoms with E-state index in [0.717, 1.165) is 25.0 Å². The second-order valence-electron chi connectivity index (χ2n) is 6.09. The van der Waals surface area contributed by atoms with Crippen LogP contribution in [0.1, 0.15) is 54.4 Å². The van der Waals surface area contributed by atoms with E-state index < -0.39 is 11.9 Å². The first-order chi connectivity index (χ1) is 9.20. The molecule has 0 amide bonds. The summed E-state index contributed by atoms with van der Waals surface area (Å²) in [7, 11) is 0. The zero-order valence-corrected chi connectivity index (χ0v) is 13.5. The van der Waals surface area contributed by atoms with Crippen molar-refractivity contribution in [1.29, 1.82) is 0 Å². The van der Waals surface area contributed by atoms with E-state index in [0.29, 0.717) is 11.8 Å². The number of hydrogen-bond acceptors (Lipinski definition) is 4. The molecular weight excluding hydrogens is 256 g/mol. The molecular formula is C16H28O4. The molecule has 20 heavy (non-hydrogen) atoms. The molecule has 0 N–H and O–H groups in total. The molecule has 4 heteroatoms. The number of hydrogen-bond donors (Lipinski definition) is 0. The van der Waals surface area contributed by atoms with Crippen molar-refractivity contribution >= 4 is 11.9 Å². The Morgan fingerprint density at radius 1 is 0.750 bits per heavy atom. The average Bonchev–Trinajstić information content (AvgIpc) is 2.23. The van der Waals surface area contributed by atoms with Crippen LogP contribution in [0, 0.1) is 11.8 Å². The minimum absolute atomic E-state index is 0.150. The fraction of sp³-hybridized carbons (Fsp3) is 0.750. The van der Waals surface area contributed by atoms with E-state index >= 15 is 0 Å². The van der Waals surface area contributed by atoms with Gasteiger partial charge >= 0.3 is 11.9 Å². The van der Waals surface area contributed by atoms with Gasteiger partial charge in [-0.1, -0.05) is 27.7 Å². The third kappa shape index (κ3) is 10.6. The number of rotatable bonds is 8. The van der Waals surface area contributed by atoms with Gasteiger partial charge in [0.25, 0.3) is 0 Å². The Bertz CT molecular complexity index is 299. The van der Waals surface area contributed by atoms with Gasteiger partial charge in [0.1, 0.15) is 0 Å². The molecule has 0 bridgehead atoms. The van der Waals surface area contributed by atoms with Crippen molar-refractivity contribution in [3.05, 3.63) is 12.2 Å². The fourth-order valence-corrected chi connectivity index (χ4v) is 2.04. The molecule has 0 aliphatic heterocycles. The van der Waals surface area contributed by atoms with E-state index in [1.54, 1.807) is 0 Å². The van der Waals surface area contributed by atoms with E-state index in [2.05, 4.69) is 27.7 Å². The van der Waals surface area contributed by atoms with E-state index in [4.69, 9.17) is 9.47 Å². The van der Waals surface area contributed by atoms with Gasteiger partial charge in [-0.2, -0.15) is 0 Å². The lowest BCUT2D eigenvalue weighted by Crippen LogP contribution is -2.17. The maximum atomic E-state index is 11.5. The molecule has 0 saturated heterocycles. The molecule has 0 spiro atoms. The summed E-state index contributed by atoms with van der Waals surface area (Å²) in [5, 5.41) is 0. The van der Waals surface area contributed by atoms with Crippen LogP contribution in [-0.2, 0) is 19.1 Å². The fourth-order valence-electron chi connectivity index (χ4n) is 2.04. The standard InChI is InChI=1S/C16H28O4/c1-11(2)9-13(5)19-15(17)7-8-16(18)20-14(6)10-12(3)4/h7-8,11-14H,9-10H2,1-6H3/b8-7+/t13-,14-/m0/s1. The van der Waals surface area contributed by atoms with Crippen molar-refractivity contribution in [2.24, 2.45) is 11.8 Å². The first kappa shape index (κ1) is 18.7. The van der Waals surface area contributed by atoms with Gasteiger partial charge in [-0.05, 0) is 38.5 Å². The number of ether oxygens (including phenoxy) is 2. The molecule has 0 aromatic heterocycles. The van der Waals surface area contributed by atoms with E-state index in [1.165, 1.54) is 0 Å². The molecule has 0 aliphatic carbocycles. The summed E-state index contributed by atoms with van der Waals surface area (Å²) in [6.45, 7) is 11.9. The van der Waals surface area contributed by atoms with Gasteiger partial charge in [0.05, 0.1) is 12.2 Å². The van der Waals surface area contributed by atoms with E-state index in [1.807, 2.05) is 13.8 Å². The highest BCUT2D eigenvalue weighted by molar-refractivity contribution is 5.91. The Hall–Kier alpha value is -1.32. The molecule has 0 radical (unpaired) electrons. The maximum Gasteiger partial charge on any atom is 0.331 e. The van der Waals surface area contributed by atoms with Crippen LogP contribution in [0.3, 0.4) is 0 Å². The van der Waals surface area contributed by atoms with Gasteiger partial charge < -0.3 is 9.47 Å². The Labute approximate surface area is 122 Å². The van der Waals surface area contributed by atoms with Crippen LogP contribution in [0.2, 0.25) is 0 Å². The summed E-state index contributed by atoms with van der Waals surface area (Å²) in [5.74, 6) is -0.0921. The summed E-state index contributed by atoms with van der Waals surface area (Å²) < 4.78 is 10.3. The largest absolute Gasteiger partial charge is 0.460 e. The summed E-state index contributed by atoms with van der Waals surface area (Å²) >= 11 is 0. The molecule has 4 nitrogen and oxygen atoms in total. The van der Waals surface area contributed by atoms with Gasteiger partial charge in [-0.15, -0.1) is 0 Å². The van der Waals surface area contributed by atoms with Crippen LogP contribution >= 0.6 is 0 Å². The molecule has 116 valence electrons. The third-order valence-electron chi connectivity index (χ3n) is 2.60. The number of carbonyl (C=O) groups excluding carboxylic acids is 2. The molecule has 2 atom stereocenters. The molecule has 0 aromatic rings. The molecule has 0 aliphatic rings. The third-order valence-corrected chi connectivity index (χ3v) is 2.60. The Kier molecular flexibility index (Phi) is 8.93. The monoisotopic (exact) mass is 284 g/mol. The van der Waals surface area contributed by atoms with Gasteiger partial charge in [-0.3, -0.25) is 0 Å². The van der Waals surface area contributed by atoms with Crippen LogP contribution in [-0.4, -0.2) is 24.1 Å². The smallest absolute Gasteiger partial charge is 0.331 e. The van der Waals surface area contributed by atoms with Crippen molar-refractivity contribution in [2.45, 2.75) is 66.6 Å². The van der Waals surface area contributed by atoms with Crippen LogP contribution in [0.25, 0.3) is 0 Å². The van der Waals surface area contributed by atoms with Gasteiger partial charge in [0.2, 0.25) is 0 Å². The Morgan fingerprint density at radius 2 is 1.05 bits per heavy atom. The number of esters is 2. The average molecular weight is 284 g/mol. The van der Waals surface area contributed by atoms with E-state index in [9.17, 15) is 9.59 Å². The van der Waals surface area contributed by atoms with Crippen molar-refractivity contribution in [2.75, 3.05) is 0 Å². The molecule has 0 saturated carbocycles. The van der Waals surface area contributed by atoms with Crippen molar-refractivity contribution in [3.8, 4) is 0 Å². The SMILES string of the molecule is CC(C)C[C@H](C)OC(=O)/C=C/C(=O)O[C@@H](C)CC(C)C. The minimum Gasteiger partial charge on any atom is -0.460 e. The van der Waals surface area contributed by atoms with Crippen molar-refractivity contribution in [3.63, 3.8) is 0 Å². The lowest BCUT2D eigenvalue weighted by atomic mass is 10.1. The predicted molar refractivity (Wildman–Crippen MR) is 79.2 cm³/mol. The molecule has 0 fully saturated rings. The maximum absolute atomic E-state index is 11.5. The summed E-state index contributed by atoms with van der Waals surface area (Å²) in [6.07, 6.45) is 3.55. The van der Waals surface area contributed by atoms with Gasteiger partial charge in [0.15, 0.2) is 0 Å². The zero-order chi connectivity index (χ0) is 15.7. The summed E-state index contributed by atoms with van der Waals surface area (Å²) in [5.41, 5.74) is 0. The highest BCUT2D eigenvalue weighted by atomic mass is 16.5. The first-order valence-electron chi connectivity index (χ1n) is 7.30. The minimum atomic E-state index is -0.508. The highest BCUT2D eigenvalue weighted by Gasteiger charge is 2.11. The summed E-state index contributed by atoms with van der Waals surface area (Å²) in [4.78, 5) is 23.0. The normalized spacial score (nSPS) is 14.6. The number of carbonyl (C=O) groups is 2. The molecule has 0 aromatic carbocycles. The van der Waals surface area contributed by atoms with Crippen LogP contribution < -0.4 is 0 Å². The van der Waals surface area contributed by atoms with Crippen LogP contribution in [0.4, 0.5) is 0 Å². The second-order valence-corrected chi connectivity index (χ2v) is 6.09. The molecule has 0 rings (SSSR count). The first-order valence-corrected chi connectivity index (χ1v) is 7.30. The zero-order valence-electron chi connectivity index (χ0n) is 13.5. The van der Waals surface area contributed by atoms with Crippen molar-refractivity contribution < 1.29 is 19.1 Å². The van der Waals surface area contributed by atoms with E-state index in [-0.39, 0.29) is 12.2 Å². The van der Waals surface area contributed by atoms with Crippen LogP contribution in [0.5, 0.6) is 0 Å².